The number of phenolic OH excluding ortho intramolecular Hbond substituents is 1. The summed E-state index contributed by atoms with van der Waals surface area (Å²) >= 11 is 0. The molecule has 0 aliphatic carbocycles. The van der Waals surface area contributed by atoms with Gasteiger partial charge in [0.15, 0.2) is 0 Å². The van der Waals surface area contributed by atoms with E-state index in [9.17, 15) is 14.7 Å². The maximum atomic E-state index is 12.4. The van der Waals surface area contributed by atoms with E-state index < -0.39 is 5.41 Å². The molecule has 8 nitrogen and oxygen atoms in total. The molecule has 0 radical (unpaired) electrons. The van der Waals surface area contributed by atoms with Crippen LogP contribution in [0.4, 0.5) is 0 Å². The molecule has 0 aliphatic heterocycles. The molecule has 0 aliphatic rings. The summed E-state index contributed by atoms with van der Waals surface area (Å²) in [5.74, 6) is 0.449. The van der Waals surface area contributed by atoms with Crippen molar-refractivity contribution in [1.82, 2.24) is 0 Å². The monoisotopic (exact) mass is 690 g/mol. The van der Waals surface area contributed by atoms with Crippen LogP contribution in [0.5, 0.6) is 11.5 Å². The molecule has 274 valence electrons. The normalized spacial score (nSPS) is 11.7. The molecule has 0 heterocycles. The molecule has 3 aromatic rings. The molecule has 1 N–H and O–H groups in total. The molecular weight excluding hydrogens is 632 g/mol. The number of hydrogen-bond donors (Lipinski definition) is 1. The average Bonchev–Trinajstić information content (AvgIpc) is 3.09. The van der Waals surface area contributed by atoms with Crippen molar-refractivity contribution in [3.8, 4) is 11.5 Å². The first-order chi connectivity index (χ1) is 24.0. The fourth-order valence-corrected chi connectivity index (χ4v) is 5.81. The quantitative estimate of drug-likeness (QED) is 0.0735. The van der Waals surface area contributed by atoms with Crippen molar-refractivity contribution in [3.05, 3.63) is 95.1 Å². The van der Waals surface area contributed by atoms with Gasteiger partial charge in [0, 0.05) is 24.0 Å². The zero-order chi connectivity index (χ0) is 36.2. The minimum atomic E-state index is -0.413. The SMILES string of the molecule is CCCCOc1cc(C(C)(C)CCCC(=O)OCCOCc2ccccc2)c(O)cc1C(C)(C)CCCC(=O)OCCOCc1ccccc1. The van der Waals surface area contributed by atoms with Crippen molar-refractivity contribution in [2.75, 3.05) is 33.0 Å². The lowest BCUT2D eigenvalue weighted by atomic mass is 9.75. The molecule has 0 saturated carbocycles. The number of phenols is 1. The van der Waals surface area contributed by atoms with Crippen LogP contribution in [0, 0.1) is 0 Å². The molecule has 50 heavy (non-hydrogen) atoms. The molecule has 0 atom stereocenters. The van der Waals surface area contributed by atoms with Gasteiger partial charge >= 0.3 is 11.9 Å². The first-order valence-electron chi connectivity index (χ1n) is 18.1. The van der Waals surface area contributed by atoms with Crippen LogP contribution in [-0.4, -0.2) is 50.1 Å². The van der Waals surface area contributed by atoms with Gasteiger partial charge in [0.25, 0.3) is 0 Å². The van der Waals surface area contributed by atoms with Gasteiger partial charge in [-0.3, -0.25) is 9.59 Å². The molecule has 0 bridgehead atoms. The summed E-state index contributed by atoms with van der Waals surface area (Å²) in [6, 6.07) is 23.6. The predicted octanol–water partition coefficient (Wildman–Crippen LogP) is 8.99. The van der Waals surface area contributed by atoms with Crippen LogP contribution in [-0.2, 0) is 52.6 Å². The van der Waals surface area contributed by atoms with E-state index in [4.69, 9.17) is 23.7 Å². The van der Waals surface area contributed by atoms with Gasteiger partial charge in [0.1, 0.15) is 24.7 Å². The van der Waals surface area contributed by atoms with Crippen molar-refractivity contribution in [2.24, 2.45) is 0 Å². The molecule has 0 spiro atoms. The first kappa shape index (κ1) is 40.5. The second-order valence-corrected chi connectivity index (χ2v) is 14.1. The summed E-state index contributed by atoms with van der Waals surface area (Å²) in [7, 11) is 0. The van der Waals surface area contributed by atoms with E-state index in [1.165, 1.54) is 0 Å². The molecule has 0 unspecified atom stereocenters. The van der Waals surface area contributed by atoms with Crippen LogP contribution in [0.1, 0.15) is 108 Å². The molecule has 0 aromatic heterocycles. The minimum absolute atomic E-state index is 0.203. The Balaban J connectivity index is 1.49. The third-order valence-electron chi connectivity index (χ3n) is 8.88. The Morgan fingerprint density at radius 1 is 0.620 bits per heavy atom. The molecule has 0 fully saturated rings. The van der Waals surface area contributed by atoms with E-state index in [-0.39, 0.29) is 42.7 Å². The minimum Gasteiger partial charge on any atom is -0.508 e. The van der Waals surface area contributed by atoms with Crippen LogP contribution in [0.25, 0.3) is 0 Å². The Morgan fingerprint density at radius 2 is 1.10 bits per heavy atom. The van der Waals surface area contributed by atoms with Gasteiger partial charge in [0.05, 0.1) is 33.0 Å². The Bertz CT molecular complexity index is 1420. The van der Waals surface area contributed by atoms with Crippen molar-refractivity contribution in [2.45, 2.75) is 110 Å². The van der Waals surface area contributed by atoms with Gasteiger partial charge in [-0.05, 0) is 66.2 Å². The zero-order valence-electron chi connectivity index (χ0n) is 30.8. The average molecular weight is 691 g/mol. The summed E-state index contributed by atoms with van der Waals surface area (Å²) in [5, 5.41) is 11.3. The van der Waals surface area contributed by atoms with Gasteiger partial charge in [-0.1, -0.05) is 102 Å². The highest BCUT2D eigenvalue weighted by atomic mass is 16.6. The van der Waals surface area contributed by atoms with Crippen molar-refractivity contribution >= 4 is 11.9 Å². The fraction of sp³-hybridized carbons (Fsp3) is 0.524. The maximum Gasteiger partial charge on any atom is 0.305 e. The van der Waals surface area contributed by atoms with Gasteiger partial charge in [0.2, 0.25) is 0 Å². The van der Waals surface area contributed by atoms with E-state index in [1.54, 1.807) is 0 Å². The maximum absolute atomic E-state index is 12.4. The molecular formula is C42H58O8. The smallest absolute Gasteiger partial charge is 0.305 e. The van der Waals surface area contributed by atoms with Crippen LogP contribution in [0.2, 0.25) is 0 Å². The third kappa shape index (κ3) is 14.5. The first-order valence-corrected chi connectivity index (χ1v) is 18.1. The summed E-state index contributed by atoms with van der Waals surface area (Å²) in [6.07, 6.45) is 5.14. The van der Waals surface area contributed by atoms with E-state index in [1.807, 2.05) is 72.8 Å². The summed E-state index contributed by atoms with van der Waals surface area (Å²) < 4.78 is 28.3. The lowest BCUT2D eigenvalue weighted by Crippen LogP contribution is -2.22. The van der Waals surface area contributed by atoms with Crippen LogP contribution in [0.3, 0.4) is 0 Å². The van der Waals surface area contributed by atoms with E-state index >= 15 is 0 Å². The highest BCUT2D eigenvalue weighted by molar-refractivity contribution is 5.69. The standard InChI is InChI=1S/C42H58O8/c1-6-7-24-48-38-30-35(41(2,3)22-14-20-39(44)49-27-25-46-31-33-16-10-8-11-17-33)37(43)29-36(38)42(4,5)23-15-21-40(45)50-28-26-47-32-34-18-12-9-13-19-34/h8-13,16-19,29-30,43H,6-7,14-15,20-28,31-32H2,1-5H3. The molecule has 0 amide bonds. The Kier molecular flexibility index (Phi) is 17.3. The van der Waals surface area contributed by atoms with E-state index in [0.29, 0.717) is 65.1 Å². The van der Waals surface area contributed by atoms with E-state index in [0.717, 1.165) is 40.8 Å². The van der Waals surface area contributed by atoms with Crippen molar-refractivity contribution < 1.29 is 38.4 Å². The van der Waals surface area contributed by atoms with Crippen LogP contribution in [0.15, 0.2) is 72.8 Å². The number of carbonyl (C=O) groups excluding carboxylic acids is 2. The van der Waals surface area contributed by atoms with Crippen LogP contribution >= 0.6 is 0 Å². The predicted molar refractivity (Wildman–Crippen MR) is 196 cm³/mol. The Hall–Kier alpha value is -3.88. The van der Waals surface area contributed by atoms with Gasteiger partial charge < -0.3 is 28.8 Å². The highest BCUT2D eigenvalue weighted by Crippen LogP contribution is 2.44. The molecule has 3 aromatic carbocycles. The number of ether oxygens (including phenoxy) is 5. The highest BCUT2D eigenvalue weighted by Gasteiger charge is 2.31. The zero-order valence-corrected chi connectivity index (χ0v) is 30.8. The van der Waals surface area contributed by atoms with Crippen molar-refractivity contribution in [1.29, 1.82) is 0 Å². The molecule has 0 saturated heterocycles. The number of esters is 2. The summed E-state index contributed by atoms with van der Waals surface area (Å²) in [4.78, 5) is 24.8. The molecule has 8 heteroatoms. The number of carbonyl (C=O) groups is 2. The number of rotatable bonds is 24. The topological polar surface area (TPSA) is 101 Å². The second kappa shape index (κ2) is 21.4. The van der Waals surface area contributed by atoms with E-state index in [2.05, 4.69) is 34.6 Å². The summed E-state index contributed by atoms with van der Waals surface area (Å²) in [5.41, 5.74) is 3.07. The van der Waals surface area contributed by atoms with Gasteiger partial charge in [-0.25, -0.2) is 0 Å². The van der Waals surface area contributed by atoms with Crippen molar-refractivity contribution in [3.63, 3.8) is 0 Å². The Morgan fingerprint density at radius 3 is 1.58 bits per heavy atom. The molecule has 3 rings (SSSR count). The number of unbranched alkanes of at least 4 members (excludes halogenated alkanes) is 1. The van der Waals surface area contributed by atoms with Gasteiger partial charge in [-0.15, -0.1) is 0 Å². The number of benzene rings is 3. The Labute approximate surface area is 299 Å². The third-order valence-corrected chi connectivity index (χ3v) is 8.88. The summed E-state index contributed by atoms with van der Waals surface area (Å²) in [6.45, 7) is 13.2. The largest absolute Gasteiger partial charge is 0.508 e. The van der Waals surface area contributed by atoms with Crippen LogP contribution < -0.4 is 4.74 Å². The number of aromatic hydroxyl groups is 1. The van der Waals surface area contributed by atoms with Gasteiger partial charge in [-0.2, -0.15) is 0 Å². The lowest BCUT2D eigenvalue weighted by molar-refractivity contribution is -0.146. The fourth-order valence-electron chi connectivity index (χ4n) is 5.81. The number of hydrogen-bond acceptors (Lipinski definition) is 8. The lowest BCUT2D eigenvalue weighted by Gasteiger charge is -2.32. The second-order valence-electron chi connectivity index (χ2n) is 14.1.